The van der Waals surface area contributed by atoms with Gasteiger partial charge >= 0.3 is 6.03 Å². The number of aryl methyl sites for hydroxylation is 2. The van der Waals surface area contributed by atoms with Crippen molar-refractivity contribution in [3.63, 3.8) is 0 Å². The van der Waals surface area contributed by atoms with Gasteiger partial charge in [0, 0.05) is 36.9 Å². The number of nitrogens with zero attached hydrogens (tertiary/aromatic N) is 1. The minimum Gasteiger partial charge on any atom is -0.379 e. The van der Waals surface area contributed by atoms with Crippen LogP contribution in [0.4, 0.5) is 4.79 Å². The Morgan fingerprint density at radius 3 is 2.74 bits per heavy atom. The van der Waals surface area contributed by atoms with E-state index in [1.807, 2.05) is 26.8 Å². The van der Waals surface area contributed by atoms with Crippen LogP contribution < -0.4 is 16.2 Å². The summed E-state index contributed by atoms with van der Waals surface area (Å²) in [7, 11) is 0. The van der Waals surface area contributed by atoms with Gasteiger partial charge in [-0.25, -0.2) is 4.79 Å². The van der Waals surface area contributed by atoms with Crippen LogP contribution >= 0.6 is 0 Å². The molecule has 0 spiro atoms. The van der Waals surface area contributed by atoms with Crippen LogP contribution in [0.1, 0.15) is 23.7 Å². The minimum absolute atomic E-state index is 0.0329. The molecule has 0 aliphatic carbocycles. The molecule has 2 amide bonds. The molecule has 1 atom stereocenters. The average molecular weight is 322 g/mol. The van der Waals surface area contributed by atoms with Crippen molar-refractivity contribution >= 4 is 6.03 Å². The number of aromatic nitrogens is 1. The van der Waals surface area contributed by atoms with Gasteiger partial charge in [0.2, 0.25) is 0 Å². The Morgan fingerprint density at radius 1 is 1.39 bits per heavy atom. The molecule has 1 aromatic heterocycles. The van der Waals surface area contributed by atoms with Gasteiger partial charge in [-0.2, -0.15) is 0 Å². The van der Waals surface area contributed by atoms with Gasteiger partial charge in [0.05, 0.1) is 19.8 Å². The Kier molecular flexibility index (Phi) is 6.18. The maximum atomic E-state index is 12.0. The van der Waals surface area contributed by atoms with E-state index in [9.17, 15) is 9.59 Å². The van der Waals surface area contributed by atoms with E-state index in [4.69, 9.17) is 4.74 Å². The molecule has 128 valence electrons. The fourth-order valence-corrected chi connectivity index (χ4v) is 2.76. The Hall–Kier alpha value is -1.86. The first kappa shape index (κ1) is 17.5. The Morgan fingerprint density at radius 2 is 2.09 bits per heavy atom. The molecule has 1 unspecified atom stereocenters. The Labute approximate surface area is 136 Å². The molecule has 7 heteroatoms. The lowest BCUT2D eigenvalue weighted by atomic mass is 10.1. The summed E-state index contributed by atoms with van der Waals surface area (Å²) in [5.41, 5.74) is 2.14. The van der Waals surface area contributed by atoms with Crippen LogP contribution in [0.2, 0.25) is 0 Å². The second kappa shape index (κ2) is 8.12. The first-order chi connectivity index (χ1) is 11.0. The fraction of sp³-hybridized carbons (Fsp3) is 0.625. The zero-order valence-corrected chi connectivity index (χ0v) is 14.1. The van der Waals surface area contributed by atoms with Crippen LogP contribution in [-0.4, -0.2) is 54.8 Å². The summed E-state index contributed by atoms with van der Waals surface area (Å²) in [5, 5.41) is 5.66. The van der Waals surface area contributed by atoms with Gasteiger partial charge in [0.25, 0.3) is 5.56 Å². The molecule has 0 saturated carbocycles. The van der Waals surface area contributed by atoms with E-state index < -0.39 is 0 Å². The van der Waals surface area contributed by atoms with Gasteiger partial charge < -0.3 is 20.4 Å². The summed E-state index contributed by atoms with van der Waals surface area (Å²) >= 11 is 0. The predicted molar refractivity (Wildman–Crippen MR) is 88.6 cm³/mol. The van der Waals surface area contributed by atoms with E-state index in [2.05, 4.69) is 20.5 Å². The third-order valence-electron chi connectivity index (χ3n) is 3.93. The van der Waals surface area contributed by atoms with Crippen molar-refractivity contribution in [3.8, 4) is 0 Å². The number of carbonyl (C=O) groups is 1. The van der Waals surface area contributed by atoms with Crippen molar-refractivity contribution in [3.05, 3.63) is 33.2 Å². The number of aromatic amines is 1. The molecule has 2 heterocycles. The first-order valence-corrected chi connectivity index (χ1v) is 7.99. The lowest BCUT2D eigenvalue weighted by Gasteiger charge is -2.29. The van der Waals surface area contributed by atoms with Crippen LogP contribution in [0.25, 0.3) is 0 Å². The third-order valence-corrected chi connectivity index (χ3v) is 3.93. The van der Waals surface area contributed by atoms with Crippen molar-refractivity contribution in [1.29, 1.82) is 0 Å². The number of urea groups is 1. The van der Waals surface area contributed by atoms with Crippen molar-refractivity contribution in [2.24, 2.45) is 0 Å². The Balaban J connectivity index is 1.79. The van der Waals surface area contributed by atoms with Crippen LogP contribution in [0, 0.1) is 13.8 Å². The molecule has 0 bridgehead atoms. The summed E-state index contributed by atoms with van der Waals surface area (Å²) in [6.45, 7) is 9.97. The molecule has 7 nitrogen and oxygen atoms in total. The lowest BCUT2D eigenvalue weighted by Crippen LogP contribution is -2.48. The number of ether oxygens (including phenoxy) is 1. The summed E-state index contributed by atoms with van der Waals surface area (Å²) in [6, 6.07) is 1.67. The van der Waals surface area contributed by atoms with Gasteiger partial charge in [0.1, 0.15) is 0 Å². The van der Waals surface area contributed by atoms with Crippen LogP contribution in [0.3, 0.4) is 0 Å². The smallest absolute Gasteiger partial charge is 0.315 e. The number of H-pyrrole nitrogens is 1. The molecule has 1 fully saturated rings. The molecule has 23 heavy (non-hydrogen) atoms. The number of morpholine rings is 1. The molecular weight excluding hydrogens is 296 g/mol. The second-order valence-corrected chi connectivity index (χ2v) is 6.08. The molecule has 0 aromatic carbocycles. The van der Waals surface area contributed by atoms with Crippen LogP contribution in [0.5, 0.6) is 0 Å². The van der Waals surface area contributed by atoms with E-state index in [0.717, 1.165) is 44.1 Å². The SMILES string of the molecule is Cc1cc(C)c(CNC(=O)NC(C)CN2CCOCC2)c(=O)[nH]1. The highest BCUT2D eigenvalue weighted by Gasteiger charge is 2.15. The van der Waals surface area contributed by atoms with Crippen molar-refractivity contribution in [1.82, 2.24) is 20.5 Å². The molecule has 0 radical (unpaired) electrons. The quantitative estimate of drug-likeness (QED) is 0.737. The highest BCUT2D eigenvalue weighted by molar-refractivity contribution is 5.74. The fourth-order valence-electron chi connectivity index (χ4n) is 2.76. The van der Waals surface area contributed by atoms with E-state index in [1.54, 1.807) is 0 Å². The summed E-state index contributed by atoms with van der Waals surface area (Å²) < 4.78 is 5.31. The van der Waals surface area contributed by atoms with Crippen molar-refractivity contribution in [2.75, 3.05) is 32.8 Å². The van der Waals surface area contributed by atoms with Crippen LogP contribution in [0.15, 0.2) is 10.9 Å². The molecular formula is C16H26N4O3. The largest absolute Gasteiger partial charge is 0.379 e. The van der Waals surface area contributed by atoms with Gasteiger partial charge in [-0.1, -0.05) is 0 Å². The average Bonchev–Trinajstić information content (AvgIpc) is 2.46. The molecule has 2 rings (SSSR count). The number of hydrogen-bond donors (Lipinski definition) is 3. The number of amides is 2. The standard InChI is InChI=1S/C16H26N4O3/c1-11-8-12(2)18-15(21)14(11)9-17-16(22)19-13(3)10-20-4-6-23-7-5-20/h8,13H,4-7,9-10H2,1-3H3,(H,18,21)(H2,17,19,22). The van der Waals surface area contributed by atoms with Crippen molar-refractivity contribution in [2.45, 2.75) is 33.4 Å². The van der Waals surface area contributed by atoms with E-state index in [0.29, 0.717) is 5.56 Å². The normalized spacial score (nSPS) is 16.8. The topological polar surface area (TPSA) is 86.5 Å². The number of rotatable bonds is 5. The first-order valence-electron chi connectivity index (χ1n) is 7.99. The number of carbonyl (C=O) groups excluding carboxylic acids is 1. The highest BCUT2D eigenvalue weighted by Crippen LogP contribution is 2.03. The second-order valence-electron chi connectivity index (χ2n) is 6.08. The number of pyridine rings is 1. The molecule has 1 aromatic rings. The van der Waals surface area contributed by atoms with Gasteiger partial charge in [-0.05, 0) is 32.4 Å². The maximum Gasteiger partial charge on any atom is 0.315 e. The molecule has 3 N–H and O–H groups in total. The zero-order valence-electron chi connectivity index (χ0n) is 14.1. The molecule has 1 aliphatic heterocycles. The summed E-state index contributed by atoms with van der Waals surface area (Å²) in [4.78, 5) is 28.9. The third kappa shape index (κ3) is 5.37. The summed E-state index contributed by atoms with van der Waals surface area (Å²) in [5.74, 6) is 0. The van der Waals surface area contributed by atoms with E-state index in [-0.39, 0.29) is 24.2 Å². The zero-order chi connectivity index (χ0) is 16.8. The number of nitrogens with one attached hydrogen (secondary N) is 3. The van der Waals surface area contributed by atoms with Gasteiger partial charge in [-0.3, -0.25) is 9.69 Å². The van der Waals surface area contributed by atoms with E-state index in [1.165, 1.54) is 0 Å². The molecule has 1 saturated heterocycles. The monoisotopic (exact) mass is 322 g/mol. The van der Waals surface area contributed by atoms with E-state index >= 15 is 0 Å². The highest BCUT2D eigenvalue weighted by atomic mass is 16.5. The summed E-state index contributed by atoms with van der Waals surface area (Å²) in [6.07, 6.45) is 0. The van der Waals surface area contributed by atoms with Crippen molar-refractivity contribution < 1.29 is 9.53 Å². The van der Waals surface area contributed by atoms with Gasteiger partial charge in [-0.15, -0.1) is 0 Å². The maximum absolute atomic E-state index is 12.0. The minimum atomic E-state index is -0.259. The molecule has 1 aliphatic rings. The van der Waals surface area contributed by atoms with Gasteiger partial charge in [0.15, 0.2) is 0 Å². The number of hydrogen-bond acceptors (Lipinski definition) is 4. The Bertz CT molecular complexity index is 593. The van der Waals surface area contributed by atoms with Crippen LogP contribution in [-0.2, 0) is 11.3 Å². The predicted octanol–water partition coefficient (Wildman–Crippen LogP) is 0.512. The lowest BCUT2D eigenvalue weighted by molar-refractivity contribution is 0.0349.